The Balaban J connectivity index is 2.00. The fourth-order valence-electron chi connectivity index (χ4n) is 3.99. The highest BCUT2D eigenvalue weighted by Gasteiger charge is 2.33. The molecule has 6 heteroatoms. The topological polar surface area (TPSA) is 54.5 Å². The first-order chi connectivity index (χ1) is 13.7. The molecule has 3 aromatic rings. The molecule has 0 atom stereocenters. The van der Waals surface area contributed by atoms with Crippen LogP contribution in [0.1, 0.15) is 32.3 Å². The molecule has 0 aliphatic carbocycles. The Bertz CT molecular complexity index is 1230. The van der Waals surface area contributed by atoms with Crippen LogP contribution in [-0.4, -0.2) is 21.5 Å². The summed E-state index contributed by atoms with van der Waals surface area (Å²) in [5.74, 6) is 0. The summed E-state index contributed by atoms with van der Waals surface area (Å²) in [6, 6.07) is 14.0. The van der Waals surface area contributed by atoms with E-state index in [9.17, 15) is 13.2 Å². The molecule has 0 radical (unpaired) electrons. The molecule has 152 valence electrons. The number of benzene rings is 2. The molecule has 0 N–H and O–H groups in total. The Morgan fingerprint density at radius 2 is 1.72 bits per heavy atom. The van der Waals surface area contributed by atoms with Gasteiger partial charge in [-0.2, -0.15) is 0 Å². The van der Waals surface area contributed by atoms with Crippen LogP contribution in [0, 0.1) is 12.3 Å². The summed E-state index contributed by atoms with van der Waals surface area (Å²) in [6.45, 7) is 7.79. The van der Waals surface area contributed by atoms with Gasteiger partial charge in [0.1, 0.15) is 5.00 Å². The van der Waals surface area contributed by atoms with Crippen molar-refractivity contribution in [3.63, 3.8) is 0 Å². The summed E-state index contributed by atoms with van der Waals surface area (Å²) < 4.78 is 28.0. The third-order valence-corrected chi connectivity index (χ3v) is 8.70. The molecule has 4 rings (SSSR count). The maximum atomic E-state index is 13.6. The first-order valence-electron chi connectivity index (χ1n) is 9.82. The van der Waals surface area contributed by atoms with Gasteiger partial charge in [0.05, 0.1) is 4.90 Å². The van der Waals surface area contributed by atoms with Gasteiger partial charge in [-0.3, -0.25) is 4.79 Å². The number of aryl methyl sites for hydroxylation is 1. The van der Waals surface area contributed by atoms with E-state index in [-0.39, 0.29) is 15.2 Å². The van der Waals surface area contributed by atoms with Gasteiger partial charge >= 0.3 is 0 Å². The third kappa shape index (κ3) is 3.71. The zero-order valence-corrected chi connectivity index (χ0v) is 18.6. The Labute approximate surface area is 175 Å². The smallest absolute Gasteiger partial charge is 0.213 e. The van der Waals surface area contributed by atoms with E-state index in [0.717, 1.165) is 36.2 Å². The maximum Gasteiger partial charge on any atom is 0.213 e. The normalized spacial score (nSPS) is 16.9. The first-order valence-corrected chi connectivity index (χ1v) is 12.1. The molecule has 1 aliphatic rings. The monoisotopic (exact) mass is 427 g/mol. The zero-order valence-electron chi connectivity index (χ0n) is 16.9. The predicted molar refractivity (Wildman–Crippen MR) is 120 cm³/mol. The van der Waals surface area contributed by atoms with Gasteiger partial charge in [0.2, 0.25) is 15.3 Å². The maximum absolute atomic E-state index is 13.6. The molecule has 0 saturated carbocycles. The van der Waals surface area contributed by atoms with E-state index in [0.29, 0.717) is 10.4 Å². The zero-order chi connectivity index (χ0) is 20.8. The van der Waals surface area contributed by atoms with Gasteiger partial charge in [0.15, 0.2) is 4.90 Å². The van der Waals surface area contributed by atoms with Crippen LogP contribution in [0.4, 0.5) is 5.00 Å². The van der Waals surface area contributed by atoms with Crippen LogP contribution in [0.3, 0.4) is 0 Å². The largest absolute Gasteiger partial charge is 0.362 e. The van der Waals surface area contributed by atoms with Gasteiger partial charge in [-0.1, -0.05) is 43.7 Å². The molecule has 4 nitrogen and oxygen atoms in total. The number of rotatable bonds is 3. The van der Waals surface area contributed by atoms with Crippen molar-refractivity contribution in [1.29, 1.82) is 0 Å². The van der Waals surface area contributed by atoms with Crippen LogP contribution in [0.5, 0.6) is 0 Å². The lowest BCUT2D eigenvalue weighted by Gasteiger charge is -2.39. The van der Waals surface area contributed by atoms with Crippen molar-refractivity contribution in [2.45, 2.75) is 43.4 Å². The highest BCUT2D eigenvalue weighted by molar-refractivity contribution is 7.91. The van der Waals surface area contributed by atoms with Crippen molar-refractivity contribution >= 4 is 36.3 Å². The van der Waals surface area contributed by atoms with E-state index in [1.54, 1.807) is 36.4 Å². The van der Waals surface area contributed by atoms with E-state index in [4.69, 9.17) is 0 Å². The number of hydrogen-bond acceptors (Lipinski definition) is 5. The molecular formula is C23H25NO3S2. The summed E-state index contributed by atoms with van der Waals surface area (Å²) in [5, 5.41) is 1.03. The molecule has 0 amide bonds. The van der Waals surface area contributed by atoms with Crippen molar-refractivity contribution in [3.05, 3.63) is 64.3 Å². The van der Waals surface area contributed by atoms with Gasteiger partial charge < -0.3 is 4.90 Å². The van der Waals surface area contributed by atoms with Crippen LogP contribution in [-0.2, 0) is 9.84 Å². The quantitative estimate of drug-likeness (QED) is 0.588. The number of hydrogen-bond donors (Lipinski definition) is 0. The van der Waals surface area contributed by atoms with Crippen LogP contribution >= 0.6 is 11.3 Å². The Hall–Kier alpha value is -2.18. The SMILES string of the molecule is Cc1ccc(S(=O)(=O)c2c(N3CCCC(C)(C)C3)sc3ccccc3c2=O)cc1. The third-order valence-electron chi connectivity index (χ3n) is 5.53. The minimum Gasteiger partial charge on any atom is -0.362 e. The highest BCUT2D eigenvalue weighted by atomic mass is 32.2. The van der Waals surface area contributed by atoms with E-state index in [1.165, 1.54) is 11.3 Å². The average molecular weight is 428 g/mol. The number of nitrogens with zero attached hydrogens (tertiary/aromatic N) is 1. The van der Waals surface area contributed by atoms with Gasteiger partial charge in [-0.05, 0) is 49.4 Å². The van der Waals surface area contributed by atoms with E-state index in [2.05, 4.69) is 18.7 Å². The lowest BCUT2D eigenvalue weighted by Crippen LogP contribution is -2.41. The second-order valence-electron chi connectivity index (χ2n) is 8.57. The molecule has 1 aromatic heterocycles. The number of sulfone groups is 1. The summed E-state index contributed by atoms with van der Waals surface area (Å²) in [7, 11) is -3.94. The van der Waals surface area contributed by atoms with Crippen molar-refractivity contribution in [1.82, 2.24) is 0 Å². The fraction of sp³-hybridized carbons (Fsp3) is 0.348. The Morgan fingerprint density at radius 1 is 1.03 bits per heavy atom. The minimum atomic E-state index is -3.94. The van der Waals surface area contributed by atoms with E-state index >= 15 is 0 Å². The lowest BCUT2D eigenvalue weighted by molar-refractivity contribution is 0.293. The van der Waals surface area contributed by atoms with Crippen LogP contribution < -0.4 is 10.3 Å². The average Bonchev–Trinajstić information content (AvgIpc) is 2.67. The van der Waals surface area contributed by atoms with E-state index < -0.39 is 15.3 Å². The second kappa shape index (κ2) is 7.26. The molecule has 0 unspecified atom stereocenters. The van der Waals surface area contributed by atoms with Crippen LogP contribution in [0.2, 0.25) is 0 Å². The van der Waals surface area contributed by atoms with Gasteiger partial charge in [-0.25, -0.2) is 8.42 Å². The van der Waals surface area contributed by atoms with E-state index in [1.807, 2.05) is 19.1 Å². The van der Waals surface area contributed by atoms with Crippen molar-refractivity contribution in [3.8, 4) is 0 Å². The van der Waals surface area contributed by atoms with Gasteiger partial charge in [0, 0.05) is 23.2 Å². The Kier molecular flexibility index (Phi) is 5.03. The summed E-state index contributed by atoms with van der Waals surface area (Å²) in [4.78, 5) is 15.6. The van der Waals surface area contributed by atoms with Crippen LogP contribution in [0.25, 0.3) is 10.1 Å². The van der Waals surface area contributed by atoms with Crippen molar-refractivity contribution < 1.29 is 8.42 Å². The summed E-state index contributed by atoms with van der Waals surface area (Å²) in [6.07, 6.45) is 2.07. The summed E-state index contributed by atoms with van der Waals surface area (Å²) >= 11 is 1.41. The molecular weight excluding hydrogens is 402 g/mol. The molecule has 1 saturated heterocycles. The molecule has 1 fully saturated rings. The second-order valence-corrected chi connectivity index (χ2v) is 11.5. The fourth-order valence-corrected chi connectivity index (χ4v) is 6.98. The molecule has 2 heterocycles. The summed E-state index contributed by atoms with van der Waals surface area (Å²) in [5.41, 5.74) is 0.647. The van der Waals surface area contributed by atoms with Crippen molar-refractivity contribution in [2.75, 3.05) is 18.0 Å². The number of fused-ring (bicyclic) bond motifs is 1. The van der Waals surface area contributed by atoms with Gasteiger partial charge in [-0.15, -0.1) is 11.3 Å². The molecule has 2 aromatic carbocycles. The molecule has 0 spiro atoms. The highest BCUT2D eigenvalue weighted by Crippen LogP contribution is 2.39. The minimum absolute atomic E-state index is 0.0740. The lowest BCUT2D eigenvalue weighted by atomic mass is 9.84. The number of piperidine rings is 1. The Morgan fingerprint density at radius 3 is 2.41 bits per heavy atom. The molecule has 0 bridgehead atoms. The van der Waals surface area contributed by atoms with Crippen LogP contribution in [0.15, 0.2) is 63.1 Å². The predicted octanol–water partition coefficient (Wildman–Crippen LogP) is 5.03. The van der Waals surface area contributed by atoms with Gasteiger partial charge in [0.25, 0.3) is 0 Å². The molecule has 29 heavy (non-hydrogen) atoms. The van der Waals surface area contributed by atoms with Crippen molar-refractivity contribution in [2.24, 2.45) is 5.41 Å². The first kappa shape index (κ1) is 20.1. The molecule has 1 aliphatic heterocycles. The number of anilines is 1. The standard InChI is InChI=1S/C23H25NO3S2/c1-16-9-11-17(12-10-16)29(26,27)21-20(25)18-7-4-5-8-19(18)28-22(21)24-14-6-13-23(2,3)15-24/h4-5,7-12H,6,13-15H2,1-3H3.